The third-order valence-electron chi connectivity index (χ3n) is 5.06. The minimum absolute atomic E-state index is 0.156. The molecule has 1 saturated carbocycles. The van der Waals surface area contributed by atoms with E-state index in [1.54, 1.807) is 6.20 Å². The Bertz CT molecular complexity index is 701. The zero-order valence-electron chi connectivity index (χ0n) is 14.9. The number of nitrogens with one attached hydrogen (secondary N) is 1. The maximum atomic E-state index is 12.7. The SMILES string of the molecule is CCc1c(C(=O)NCC2(O)CCCCCC2)cnn1-c1ccccc1. The maximum Gasteiger partial charge on any atom is 0.254 e. The van der Waals surface area contributed by atoms with Crippen molar-refractivity contribution >= 4 is 5.91 Å². The molecule has 1 aliphatic carbocycles. The summed E-state index contributed by atoms with van der Waals surface area (Å²) in [5.41, 5.74) is 1.65. The highest BCUT2D eigenvalue weighted by molar-refractivity contribution is 5.95. The first-order valence-electron chi connectivity index (χ1n) is 9.26. The first kappa shape index (κ1) is 17.7. The molecule has 0 spiro atoms. The quantitative estimate of drug-likeness (QED) is 0.821. The van der Waals surface area contributed by atoms with Crippen LogP contribution < -0.4 is 5.32 Å². The van der Waals surface area contributed by atoms with E-state index < -0.39 is 5.60 Å². The Morgan fingerprint density at radius 2 is 1.88 bits per heavy atom. The Labute approximate surface area is 149 Å². The smallest absolute Gasteiger partial charge is 0.254 e. The number of para-hydroxylation sites is 1. The van der Waals surface area contributed by atoms with E-state index in [-0.39, 0.29) is 5.91 Å². The minimum Gasteiger partial charge on any atom is -0.388 e. The minimum atomic E-state index is -0.770. The van der Waals surface area contributed by atoms with E-state index in [9.17, 15) is 9.90 Å². The zero-order chi connectivity index (χ0) is 17.7. The fourth-order valence-corrected chi connectivity index (χ4v) is 3.60. The molecule has 1 aromatic carbocycles. The number of rotatable bonds is 5. The molecule has 0 unspecified atom stereocenters. The van der Waals surface area contributed by atoms with Crippen molar-refractivity contribution in [2.45, 2.75) is 57.5 Å². The third-order valence-corrected chi connectivity index (χ3v) is 5.06. The first-order chi connectivity index (χ1) is 12.1. The van der Waals surface area contributed by atoms with Gasteiger partial charge in [-0.15, -0.1) is 0 Å². The Balaban J connectivity index is 1.73. The lowest BCUT2D eigenvalue weighted by atomic mass is 9.94. The van der Waals surface area contributed by atoms with Gasteiger partial charge < -0.3 is 10.4 Å². The van der Waals surface area contributed by atoms with Gasteiger partial charge in [-0.2, -0.15) is 5.10 Å². The highest BCUT2D eigenvalue weighted by atomic mass is 16.3. The number of aliphatic hydroxyl groups is 1. The van der Waals surface area contributed by atoms with E-state index in [0.717, 1.165) is 37.1 Å². The normalized spacial score (nSPS) is 17.0. The topological polar surface area (TPSA) is 67.2 Å². The lowest BCUT2D eigenvalue weighted by Crippen LogP contribution is -2.42. The van der Waals surface area contributed by atoms with Crippen LogP contribution in [0.5, 0.6) is 0 Å². The zero-order valence-corrected chi connectivity index (χ0v) is 14.9. The van der Waals surface area contributed by atoms with Gasteiger partial charge in [0.25, 0.3) is 5.91 Å². The molecule has 0 radical (unpaired) electrons. The second kappa shape index (κ2) is 7.83. The van der Waals surface area contributed by atoms with Gasteiger partial charge in [0.1, 0.15) is 0 Å². The van der Waals surface area contributed by atoms with Crippen molar-refractivity contribution in [3.05, 3.63) is 47.8 Å². The fourth-order valence-electron chi connectivity index (χ4n) is 3.60. The Morgan fingerprint density at radius 1 is 1.20 bits per heavy atom. The molecule has 0 atom stereocenters. The number of benzene rings is 1. The van der Waals surface area contributed by atoms with Crippen LogP contribution in [0.25, 0.3) is 5.69 Å². The Morgan fingerprint density at radius 3 is 2.52 bits per heavy atom. The molecule has 1 aromatic heterocycles. The molecule has 1 fully saturated rings. The molecule has 25 heavy (non-hydrogen) atoms. The summed E-state index contributed by atoms with van der Waals surface area (Å²) in [5.74, 6) is -0.156. The maximum absolute atomic E-state index is 12.7. The fraction of sp³-hybridized carbons (Fsp3) is 0.500. The van der Waals surface area contributed by atoms with Crippen molar-refractivity contribution in [1.29, 1.82) is 0 Å². The van der Waals surface area contributed by atoms with Gasteiger partial charge in [-0.3, -0.25) is 4.79 Å². The molecule has 1 aliphatic rings. The summed E-state index contributed by atoms with van der Waals surface area (Å²) in [6.07, 6.45) is 8.24. The number of nitrogens with zero attached hydrogens (tertiary/aromatic N) is 2. The van der Waals surface area contributed by atoms with Crippen LogP contribution in [0, 0.1) is 0 Å². The summed E-state index contributed by atoms with van der Waals surface area (Å²) < 4.78 is 1.81. The third kappa shape index (κ3) is 4.10. The summed E-state index contributed by atoms with van der Waals surface area (Å²) >= 11 is 0. The lowest BCUT2D eigenvalue weighted by molar-refractivity contribution is 0.0246. The van der Waals surface area contributed by atoms with Crippen molar-refractivity contribution in [1.82, 2.24) is 15.1 Å². The van der Waals surface area contributed by atoms with Crippen molar-refractivity contribution in [3.8, 4) is 5.69 Å². The molecule has 1 amide bonds. The average molecular weight is 341 g/mol. The number of carbonyl (C=O) groups excluding carboxylic acids is 1. The molecule has 1 heterocycles. The molecule has 0 aliphatic heterocycles. The number of hydrogen-bond donors (Lipinski definition) is 2. The van der Waals surface area contributed by atoms with Gasteiger partial charge in [0.15, 0.2) is 0 Å². The van der Waals surface area contributed by atoms with E-state index in [4.69, 9.17) is 0 Å². The van der Waals surface area contributed by atoms with Crippen LogP contribution in [-0.2, 0) is 6.42 Å². The molecular formula is C20H27N3O2. The van der Waals surface area contributed by atoms with E-state index in [2.05, 4.69) is 10.4 Å². The van der Waals surface area contributed by atoms with Gasteiger partial charge in [-0.1, -0.05) is 50.8 Å². The van der Waals surface area contributed by atoms with Crippen molar-refractivity contribution in [2.24, 2.45) is 0 Å². The number of amides is 1. The van der Waals surface area contributed by atoms with Gasteiger partial charge >= 0.3 is 0 Å². The van der Waals surface area contributed by atoms with E-state index in [1.165, 1.54) is 12.8 Å². The van der Waals surface area contributed by atoms with E-state index in [1.807, 2.05) is 41.9 Å². The predicted octanol–water partition coefficient (Wildman–Crippen LogP) is 3.25. The molecule has 5 nitrogen and oxygen atoms in total. The molecule has 5 heteroatoms. The summed E-state index contributed by atoms with van der Waals surface area (Å²) in [7, 11) is 0. The van der Waals surface area contributed by atoms with Crippen LogP contribution in [0.1, 0.15) is 61.5 Å². The largest absolute Gasteiger partial charge is 0.388 e. The molecule has 0 saturated heterocycles. The Kier molecular flexibility index (Phi) is 5.53. The first-order valence-corrected chi connectivity index (χ1v) is 9.26. The predicted molar refractivity (Wildman–Crippen MR) is 97.9 cm³/mol. The molecule has 134 valence electrons. The van der Waals surface area contributed by atoms with Crippen molar-refractivity contribution in [2.75, 3.05) is 6.54 Å². The number of carbonyl (C=O) groups is 1. The van der Waals surface area contributed by atoms with Crippen LogP contribution in [0.15, 0.2) is 36.5 Å². The van der Waals surface area contributed by atoms with Crippen LogP contribution in [0.4, 0.5) is 0 Å². The second-order valence-electron chi connectivity index (χ2n) is 6.93. The van der Waals surface area contributed by atoms with Gasteiger partial charge in [-0.05, 0) is 31.4 Å². The summed E-state index contributed by atoms with van der Waals surface area (Å²) in [6, 6.07) is 9.82. The Hall–Kier alpha value is -2.14. The van der Waals surface area contributed by atoms with Gasteiger partial charge in [0.2, 0.25) is 0 Å². The second-order valence-corrected chi connectivity index (χ2v) is 6.93. The monoisotopic (exact) mass is 341 g/mol. The van der Waals surface area contributed by atoms with E-state index in [0.29, 0.717) is 18.5 Å². The van der Waals surface area contributed by atoms with Crippen LogP contribution in [0.2, 0.25) is 0 Å². The standard InChI is InChI=1S/C20H27N3O2/c1-2-18-17(14-22-23(18)16-10-6-5-7-11-16)19(24)21-15-20(25)12-8-3-4-9-13-20/h5-7,10-11,14,25H,2-4,8-9,12-13,15H2,1H3,(H,21,24). The molecular weight excluding hydrogens is 314 g/mol. The van der Waals surface area contributed by atoms with Crippen molar-refractivity contribution < 1.29 is 9.90 Å². The van der Waals surface area contributed by atoms with Crippen LogP contribution >= 0.6 is 0 Å². The lowest BCUT2D eigenvalue weighted by Gasteiger charge is -2.26. The summed E-state index contributed by atoms with van der Waals surface area (Å²) in [5, 5.41) is 18.1. The highest BCUT2D eigenvalue weighted by Crippen LogP contribution is 2.26. The number of hydrogen-bond acceptors (Lipinski definition) is 3. The number of aromatic nitrogens is 2. The van der Waals surface area contributed by atoms with Gasteiger partial charge in [0, 0.05) is 6.54 Å². The summed E-state index contributed by atoms with van der Waals surface area (Å²) in [6.45, 7) is 2.33. The van der Waals surface area contributed by atoms with E-state index >= 15 is 0 Å². The van der Waals surface area contributed by atoms with Gasteiger partial charge in [-0.25, -0.2) is 4.68 Å². The molecule has 2 aromatic rings. The van der Waals surface area contributed by atoms with Crippen molar-refractivity contribution in [3.63, 3.8) is 0 Å². The van der Waals surface area contributed by atoms with Crippen LogP contribution in [-0.4, -0.2) is 32.9 Å². The summed E-state index contributed by atoms with van der Waals surface area (Å²) in [4.78, 5) is 12.7. The molecule has 2 N–H and O–H groups in total. The highest BCUT2D eigenvalue weighted by Gasteiger charge is 2.29. The van der Waals surface area contributed by atoms with Gasteiger partial charge in [0.05, 0.1) is 28.7 Å². The molecule has 3 rings (SSSR count). The molecule has 0 bridgehead atoms. The van der Waals surface area contributed by atoms with Crippen LogP contribution in [0.3, 0.4) is 0 Å². The average Bonchev–Trinajstić information content (AvgIpc) is 2.96.